The third-order valence-corrected chi connectivity index (χ3v) is 3.26. The van der Waals surface area contributed by atoms with Crippen molar-refractivity contribution in [2.45, 2.75) is 32.7 Å². The van der Waals surface area contributed by atoms with Crippen LogP contribution in [-0.4, -0.2) is 12.6 Å². The van der Waals surface area contributed by atoms with Crippen molar-refractivity contribution in [2.75, 3.05) is 7.05 Å². The summed E-state index contributed by atoms with van der Waals surface area (Å²) >= 11 is 3.60. The standard InChI is InChI=1S/C12H18BrN/c1-9-5-6-10(11(13)7-9)8-12(2,3)14-4/h5-7,14H,8H2,1-4H3. The molecule has 1 aromatic rings. The molecule has 0 fully saturated rings. The molecule has 0 heterocycles. The molecular formula is C12H18BrN. The van der Waals surface area contributed by atoms with E-state index >= 15 is 0 Å². The lowest BCUT2D eigenvalue weighted by Crippen LogP contribution is -2.38. The van der Waals surface area contributed by atoms with E-state index in [0.717, 1.165) is 6.42 Å². The lowest BCUT2D eigenvalue weighted by Gasteiger charge is -2.24. The molecule has 1 rings (SSSR count). The van der Waals surface area contributed by atoms with Crippen LogP contribution in [0.5, 0.6) is 0 Å². The Labute approximate surface area is 95.0 Å². The number of aryl methyl sites for hydroxylation is 1. The van der Waals surface area contributed by atoms with Crippen LogP contribution in [-0.2, 0) is 6.42 Å². The Kier molecular flexibility index (Phi) is 3.73. The summed E-state index contributed by atoms with van der Waals surface area (Å²) in [5, 5.41) is 3.31. The van der Waals surface area contributed by atoms with Crippen molar-refractivity contribution in [3.63, 3.8) is 0 Å². The maximum absolute atomic E-state index is 3.60. The van der Waals surface area contributed by atoms with Gasteiger partial charge in [0.05, 0.1) is 0 Å². The van der Waals surface area contributed by atoms with E-state index in [9.17, 15) is 0 Å². The third-order valence-electron chi connectivity index (χ3n) is 2.52. The number of hydrogen-bond acceptors (Lipinski definition) is 1. The zero-order valence-corrected chi connectivity index (χ0v) is 10.9. The van der Waals surface area contributed by atoms with Gasteiger partial charge in [-0.25, -0.2) is 0 Å². The Morgan fingerprint density at radius 2 is 2.00 bits per heavy atom. The monoisotopic (exact) mass is 255 g/mol. The van der Waals surface area contributed by atoms with Gasteiger partial charge in [-0.2, -0.15) is 0 Å². The van der Waals surface area contributed by atoms with Gasteiger partial charge in [0.1, 0.15) is 0 Å². The first-order chi connectivity index (χ1) is 6.44. The summed E-state index contributed by atoms with van der Waals surface area (Å²) in [6.45, 7) is 6.52. The van der Waals surface area contributed by atoms with Crippen LogP contribution in [0.15, 0.2) is 22.7 Å². The van der Waals surface area contributed by atoms with Crippen molar-refractivity contribution < 1.29 is 0 Å². The molecule has 0 spiro atoms. The van der Waals surface area contributed by atoms with Crippen LogP contribution in [0.25, 0.3) is 0 Å². The van der Waals surface area contributed by atoms with E-state index in [1.54, 1.807) is 0 Å². The Morgan fingerprint density at radius 3 is 2.50 bits per heavy atom. The summed E-state index contributed by atoms with van der Waals surface area (Å²) in [6, 6.07) is 6.52. The third kappa shape index (κ3) is 3.10. The second-order valence-corrected chi connectivity index (χ2v) is 5.26. The summed E-state index contributed by atoms with van der Waals surface area (Å²) in [7, 11) is 2.00. The zero-order chi connectivity index (χ0) is 10.8. The molecule has 0 aliphatic carbocycles. The topological polar surface area (TPSA) is 12.0 Å². The van der Waals surface area contributed by atoms with E-state index < -0.39 is 0 Å². The van der Waals surface area contributed by atoms with E-state index in [1.165, 1.54) is 15.6 Å². The highest BCUT2D eigenvalue weighted by Crippen LogP contribution is 2.22. The quantitative estimate of drug-likeness (QED) is 0.875. The second-order valence-electron chi connectivity index (χ2n) is 4.41. The Balaban J connectivity index is 2.87. The Hall–Kier alpha value is -0.340. The van der Waals surface area contributed by atoms with Crippen LogP contribution < -0.4 is 5.32 Å². The number of nitrogens with one attached hydrogen (secondary N) is 1. The molecule has 1 nitrogen and oxygen atoms in total. The van der Waals surface area contributed by atoms with E-state index in [-0.39, 0.29) is 5.54 Å². The molecule has 0 saturated carbocycles. The van der Waals surface area contributed by atoms with E-state index in [2.05, 4.69) is 60.2 Å². The number of halogens is 1. The molecule has 1 N–H and O–H groups in total. The van der Waals surface area contributed by atoms with E-state index in [1.807, 2.05) is 7.05 Å². The highest BCUT2D eigenvalue weighted by Gasteiger charge is 2.16. The molecule has 0 amide bonds. The minimum absolute atomic E-state index is 0.151. The fourth-order valence-corrected chi connectivity index (χ4v) is 1.99. The van der Waals surface area contributed by atoms with Crippen LogP contribution in [0.3, 0.4) is 0 Å². The lowest BCUT2D eigenvalue weighted by atomic mass is 9.95. The normalized spacial score (nSPS) is 11.8. The van der Waals surface area contributed by atoms with Crippen LogP contribution in [0.4, 0.5) is 0 Å². The summed E-state index contributed by atoms with van der Waals surface area (Å²) < 4.78 is 1.21. The molecule has 0 bridgehead atoms. The van der Waals surface area contributed by atoms with Crippen LogP contribution in [0.1, 0.15) is 25.0 Å². The van der Waals surface area contributed by atoms with Crippen molar-refractivity contribution in [3.05, 3.63) is 33.8 Å². The van der Waals surface area contributed by atoms with Gasteiger partial charge in [0.25, 0.3) is 0 Å². The first-order valence-electron chi connectivity index (χ1n) is 4.88. The maximum Gasteiger partial charge on any atom is 0.0210 e. The first-order valence-corrected chi connectivity index (χ1v) is 5.68. The molecule has 0 saturated heterocycles. The molecule has 1 aromatic carbocycles. The van der Waals surface area contributed by atoms with Crippen molar-refractivity contribution in [3.8, 4) is 0 Å². The van der Waals surface area contributed by atoms with Gasteiger partial charge in [0.15, 0.2) is 0 Å². The van der Waals surface area contributed by atoms with Gasteiger partial charge in [-0.1, -0.05) is 28.1 Å². The SMILES string of the molecule is CNC(C)(C)Cc1ccc(C)cc1Br. The van der Waals surface area contributed by atoms with Gasteiger partial charge < -0.3 is 5.32 Å². The average Bonchev–Trinajstić information content (AvgIpc) is 2.10. The molecule has 14 heavy (non-hydrogen) atoms. The molecule has 0 aromatic heterocycles. The van der Waals surface area contributed by atoms with Crippen molar-refractivity contribution >= 4 is 15.9 Å². The van der Waals surface area contributed by atoms with Crippen molar-refractivity contribution in [2.24, 2.45) is 0 Å². The fraction of sp³-hybridized carbons (Fsp3) is 0.500. The zero-order valence-electron chi connectivity index (χ0n) is 9.32. The molecule has 0 radical (unpaired) electrons. The Bertz CT molecular complexity index is 318. The van der Waals surface area contributed by atoms with Crippen LogP contribution >= 0.6 is 15.9 Å². The molecule has 0 aliphatic rings. The predicted octanol–water partition coefficient (Wildman–Crippen LogP) is 3.30. The van der Waals surface area contributed by atoms with Gasteiger partial charge in [-0.05, 0) is 51.4 Å². The summed E-state index contributed by atoms with van der Waals surface area (Å²) in [4.78, 5) is 0. The lowest BCUT2D eigenvalue weighted by molar-refractivity contribution is 0.421. The predicted molar refractivity (Wildman–Crippen MR) is 65.7 cm³/mol. The van der Waals surface area contributed by atoms with Crippen LogP contribution in [0.2, 0.25) is 0 Å². The molecule has 0 unspecified atom stereocenters. The van der Waals surface area contributed by atoms with Crippen molar-refractivity contribution in [1.82, 2.24) is 5.32 Å². The molecule has 0 atom stereocenters. The second kappa shape index (κ2) is 4.45. The molecule has 0 aliphatic heterocycles. The minimum Gasteiger partial charge on any atom is -0.314 e. The summed E-state index contributed by atoms with van der Waals surface area (Å²) in [6.07, 6.45) is 1.03. The average molecular weight is 256 g/mol. The van der Waals surface area contributed by atoms with E-state index in [4.69, 9.17) is 0 Å². The number of likely N-dealkylation sites (N-methyl/N-ethyl adjacent to an activating group) is 1. The van der Waals surface area contributed by atoms with Crippen LogP contribution in [0, 0.1) is 6.92 Å². The summed E-state index contributed by atoms with van der Waals surface area (Å²) in [5.74, 6) is 0. The molecule has 78 valence electrons. The highest BCUT2D eigenvalue weighted by molar-refractivity contribution is 9.10. The van der Waals surface area contributed by atoms with Gasteiger partial charge in [0, 0.05) is 10.0 Å². The first kappa shape index (κ1) is 11.7. The number of hydrogen-bond donors (Lipinski definition) is 1. The van der Waals surface area contributed by atoms with Gasteiger partial charge in [-0.3, -0.25) is 0 Å². The van der Waals surface area contributed by atoms with Crippen molar-refractivity contribution in [1.29, 1.82) is 0 Å². The number of rotatable bonds is 3. The number of benzene rings is 1. The molecular weight excluding hydrogens is 238 g/mol. The highest BCUT2D eigenvalue weighted by atomic mass is 79.9. The minimum atomic E-state index is 0.151. The van der Waals surface area contributed by atoms with Gasteiger partial charge >= 0.3 is 0 Å². The smallest absolute Gasteiger partial charge is 0.0210 e. The fourth-order valence-electron chi connectivity index (χ4n) is 1.36. The van der Waals surface area contributed by atoms with E-state index in [0.29, 0.717) is 0 Å². The molecule has 2 heteroatoms. The van der Waals surface area contributed by atoms with Gasteiger partial charge in [-0.15, -0.1) is 0 Å². The summed E-state index contributed by atoms with van der Waals surface area (Å²) in [5.41, 5.74) is 2.80. The largest absolute Gasteiger partial charge is 0.314 e. The van der Waals surface area contributed by atoms with Gasteiger partial charge in [0.2, 0.25) is 0 Å². The maximum atomic E-state index is 3.60. The Morgan fingerprint density at radius 1 is 1.36 bits per heavy atom.